The molecule has 3 rings (SSSR count). The van der Waals surface area contributed by atoms with E-state index in [0.29, 0.717) is 17.5 Å². The summed E-state index contributed by atoms with van der Waals surface area (Å²) < 4.78 is 0. The van der Waals surface area contributed by atoms with Gasteiger partial charge in [-0.3, -0.25) is 9.69 Å². The number of aromatic nitrogens is 4. The summed E-state index contributed by atoms with van der Waals surface area (Å²) >= 11 is 1.44. The highest BCUT2D eigenvalue weighted by Crippen LogP contribution is 2.29. The van der Waals surface area contributed by atoms with Crippen molar-refractivity contribution < 1.29 is 6.22 Å². The van der Waals surface area contributed by atoms with E-state index in [2.05, 4.69) is 19.9 Å². The number of fused-ring (bicyclic) bond motifs is 1. The van der Waals surface area contributed by atoms with Gasteiger partial charge < -0.3 is 4.98 Å². The third-order valence-electron chi connectivity index (χ3n) is 3.33. The Hall–Kier alpha value is -2.28. The zero-order chi connectivity index (χ0) is 15.7. The zero-order valence-corrected chi connectivity index (χ0v) is 13.5. The average molecular weight is 317 g/mol. The van der Waals surface area contributed by atoms with Gasteiger partial charge in [-0.1, -0.05) is 13.8 Å². The van der Waals surface area contributed by atoms with Crippen molar-refractivity contribution in [3.8, 4) is 11.4 Å². The molecule has 0 unspecified atom stereocenters. The van der Waals surface area contributed by atoms with Crippen molar-refractivity contribution in [1.82, 2.24) is 19.9 Å². The lowest BCUT2D eigenvalue weighted by atomic mass is 10.1. The minimum Gasteiger partial charge on any atom is -0.346 e. The number of amides is 1. The molecule has 22 heavy (non-hydrogen) atoms. The van der Waals surface area contributed by atoms with E-state index in [4.69, 9.17) is 0 Å². The van der Waals surface area contributed by atoms with Crippen LogP contribution in [0.5, 0.6) is 0 Å². The first kappa shape index (κ1) is 14.6. The van der Waals surface area contributed by atoms with E-state index in [1.54, 1.807) is 11.9 Å². The Morgan fingerprint density at radius 1 is 1.45 bits per heavy atom. The van der Waals surface area contributed by atoms with Crippen LogP contribution in [0.4, 0.5) is 5.13 Å². The second-order valence-electron chi connectivity index (χ2n) is 5.53. The highest BCUT2D eigenvalue weighted by molar-refractivity contribution is 7.14. The van der Waals surface area contributed by atoms with E-state index in [9.17, 15) is 4.79 Å². The molecular formula is C15H19N5OS. The van der Waals surface area contributed by atoms with Crippen molar-refractivity contribution in [1.29, 1.82) is 0 Å². The highest BCUT2D eigenvalue weighted by Gasteiger charge is 2.17. The van der Waals surface area contributed by atoms with Gasteiger partial charge in [0.2, 0.25) is 5.91 Å². The van der Waals surface area contributed by atoms with E-state index >= 15 is 0 Å². The number of nitrogens with zero attached hydrogens (tertiary/aromatic N) is 4. The van der Waals surface area contributed by atoms with Crippen molar-refractivity contribution in [3.63, 3.8) is 0 Å². The topological polar surface area (TPSA) is 74.8 Å². The van der Waals surface area contributed by atoms with Gasteiger partial charge in [0.25, 0.3) is 0 Å². The predicted octanol–water partition coefficient (Wildman–Crippen LogP) is 3.34. The van der Waals surface area contributed by atoms with Crippen LogP contribution in [0.25, 0.3) is 22.4 Å². The van der Waals surface area contributed by atoms with Crippen molar-refractivity contribution in [3.05, 3.63) is 24.0 Å². The summed E-state index contributed by atoms with van der Waals surface area (Å²) in [7, 11) is 1.76. The number of hydrogen-bond acceptors (Lipinski definition) is 5. The number of H-pyrrole nitrogens is 1. The number of carbonyl (C=O) groups is 1. The molecule has 0 atom stereocenters. The fourth-order valence-corrected chi connectivity index (χ4v) is 2.99. The monoisotopic (exact) mass is 317 g/mol. The molecule has 7 heteroatoms. The van der Waals surface area contributed by atoms with Gasteiger partial charge in [-0.25, -0.2) is 15.0 Å². The van der Waals surface area contributed by atoms with Gasteiger partial charge in [0.05, 0.1) is 0 Å². The fourth-order valence-electron chi connectivity index (χ4n) is 2.20. The van der Waals surface area contributed by atoms with Crippen LogP contribution in [0.2, 0.25) is 0 Å². The Balaban J connectivity index is 0.00000192. The summed E-state index contributed by atoms with van der Waals surface area (Å²) in [4.78, 5) is 29.9. The van der Waals surface area contributed by atoms with Gasteiger partial charge in [-0.05, 0) is 12.0 Å². The number of rotatable bonds is 4. The number of hydrogen-bond donors (Lipinski definition) is 1. The van der Waals surface area contributed by atoms with Crippen molar-refractivity contribution in [2.45, 2.75) is 20.3 Å². The molecule has 0 saturated carbocycles. The van der Waals surface area contributed by atoms with Crippen molar-refractivity contribution >= 4 is 33.4 Å². The number of anilines is 1. The molecule has 0 spiro atoms. The van der Waals surface area contributed by atoms with E-state index in [1.165, 1.54) is 17.7 Å². The molecule has 116 valence electrons. The Morgan fingerprint density at radius 2 is 2.27 bits per heavy atom. The molecule has 0 aromatic carbocycles. The van der Waals surface area contributed by atoms with Gasteiger partial charge in [0.15, 0.2) is 5.13 Å². The average Bonchev–Trinajstić information content (AvgIpc) is 3.14. The summed E-state index contributed by atoms with van der Waals surface area (Å²) in [6.45, 7) is 4.06. The lowest BCUT2D eigenvalue weighted by molar-refractivity contribution is -0.119. The molecule has 0 aliphatic heterocycles. The van der Waals surface area contributed by atoms with Crippen LogP contribution in [0, 0.1) is 5.92 Å². The maximum absolute atomic E-state index is 12.1. The molecule has 0 radical (unpaired) electrons. The van der Waals surface area contributed by atoms with Crippen LogP contribution in [-0.4, -0.2) is 32.9 Å². The summed E-state index contributed by atoms with van der Waals surface area (Å²) in [5.74, 6) is 0.404. The molecule has 0 aliphatic carbocycles. The van der Waals surface area contributed by atoms with Crippen molar-refractivity contribution in [2.24, 2.45) is 5.92 Å². The maximum Gasteiger partial charge on any atom is 0.228 e. The SMILES string of the molecule is CC(C)CC(=O)N(C)c1nc(-c2ncnc3[nH]ccc23)cs1.[HH]. The Kier molecular flexibility index (Phi) is 3.89. The molecule has 0 bridgehead atoms. The van der Waals surface area contributed by atoms with Crippen LogP contribution < -0.4 is 4.90 Å². The number of nitrogens with one attached hydrogen (secondary N) is 1. The molecule has 6 nitrogen and oxygen atoms in total. The highest BCUT2D eigenvalue weighted by atomic mass is 32.1. The molecule has 1 N–H and O–H groups in total. The molecule has 0 saturated heterocycles. The maximum atomic E-state index is 12.1. The lowest BCUT2D eigenvalue weighted by Gasteiger charge is -2.14. The second kappa shape index (κ2) is 5.84. The molecule has 0 fully saturated rings. The van der Waals surface area contributed by atoms with Gasteiger partial charge in [0.1, 0.15) is 23.4 Å². The summed E-state index contributed by atoms with van der Waals surface area (Å²) in [6, 6.07) is 1.93. The fraction of sp³-hybridized carbons (Fsp3) is 0.333. The van der Waals surface area contributed by atoms with Gasteiger partial charge in [0, 0.05) is 31.9 Å². The van der Waals surface area contributed by atoms with Crippen molar-refractivity contribution in [2.75, 3.05) is 11.9 Å². The first-order valence-electron chi connectivity index (χ1n) is 7.07. The molecule has 3 heterocycles. The molecule has 0 aliphatic rings. The number of carbonyl (C=O) groups excluding carboxylic acids is 1. The van der Waals surface area contributed by atoms with E-state index in [0.717, 1.165) is 22.4 Å². The summed E-state index contributed by atoms with van der Waals surface area (Å²) in [5, 5.41) is 3.53. The third kappa shape index (κ3) is 2.71. The second-order valence-corrected chi connectivity index (χ2v) is 6.36. The van der Waals surface area contributed by atoms with Crippen LogP contribution in [0.15, 0.2) is 24.0 Å². The molecule has 3 aromatic heterocycles. The first-order chi connectivity index (χ1) is 10.6. The predicted molar refractivity (Wildman–Crippen MR) is 90.0 cm³/mol. The molecule has 1 amide bonds. The van der Waals surface area contributed by atoms with Gasteiger partial charge >= 0.3 is 0 Å². The quantitative estimate of drug-likeness (QED) is 0.801. The normalized spacial score (nSPS) is 11.3. The minimum absolute atomic E-state index is 0. The first-order valence-corrected chi connectivity index (χ1v) is 7.94. The summed E-state index contributed by atoms with van der Waals surface area (Å²) in [5.41, 5.74) is 2.32. The van der Waals surface area contributed by atoms with Crippen LogP contribution in [-0.2, 0) is 4.79 Å². The van der Waals surface area contributed by atoms with E-state index < -0.39 is 0 Å². The van der Waals surface area contributed by atoms with E-state index in [1.807, 2.05) is 31.5 Å². The minimum atomic E-state index is 0. The zero-order valence-electron chi connectivity index (χ0n) is 12.7. The smallest absolute Gasteiger partial charge is 0.228 e. The lowest BCUT2D eigenvalue weighted by Crippen LogP contribution is -2.27. The van der Waals surface area contributed by atoms with Gasteiger partial charge in [-0.15, -0.1) is 11.3 Å². The Morgan fingerprint density at radius 3 is 3.05 bits per heavy atom. The van der Waals surface area contributed by atoms with Gasteiger partial charge in [-0.2, -0.15) is 0 Å². The molecule has 3 aromatic rings. The standard InChI is InChI=1S/C15H17N5OS.H2/c1-9(2)6-12(21)20(3)15-19-11(7-22-15)13-10-4-5-16-14(10)18-8-17-13;/h4-5,7-9H,6H2,1-3H3,(H,16,17,18);1H. The number of aromatic amines is 1. The van der Waals surface area contributed by atoms with Crippen LogP contribution in [0.3, 0.4) is 0 Å². The Labute approximate surface area is 133 Å². The summed E-state index contributed by atoms with van der Waals surface area (Å²) in [6.07, 6.45) is 3.86. The van der Waals surface area contributed by atoms with E-state index in [-0.39, 0.29) is 7.33 Å². The van der Waals surface area contributed by atoms with Crippen LogP contribution >= 0.6 is 11.3 Å². The van der Waals surface area contributed by atoms with Crippen LogP contribution in [0.1, 0.15) is 21.7 Å². The Bertz CT molecular complexity index is 813. The largest absolute Gasteiger partial charge is 0.346 e. The third-order valence-corrected chi connectivity index (χ3v) is 4.25. The molecular weight excluding hydrogens is 298 g/mol. The number of thiazole rings is 1.